The van der Waals surface area contributed by atoms with Crippen molar-refractivity contribution in [3.05, 3.63) is 11.1 Å². The lowest BCUT2D eigenvalue weighted by Crippen LogP contribution is -2.58. The molecule has 1 heterocycles. The molecular formula is C10H19BrN2. The van der Waals surface area contributed by atoms with Crippen molar-refractivity contribution in [1.29, 1.82) is 0 Å². The number of rotatable bonds is 3. The Morgan fingerprint density at radius 3 is 2.92 bits per heavy atom. The second kappa shape index (κ2) is 4.58. The SMILES string of the molecule is C=C(Br)CN1CCNC(C)(CC)C1. The summed E-state index contributed by atoms with van der Waals surface area (Å²) in [5.41, 5.74) is 0.292. The summed E-state index contributed by atoms with van der Waals surface area (Å²) in [6.07, 6.45) is 1.18. The van der Waals surface area contributed by atoms with Crippen LogP contribution in [0.2, 0.25) is 0 Å². The average molecular weight is 247 g/mol. The highest BCUT2D eigenvalue weighted by Gasteiger charge is 2.28. The first-order chi connectivity index (χ1) is 6.06. The fraction of sp³-hybridized carbons (Fsp3) is 0.800. The molecule has 1 aliphatic heterocycles. The number of nitrogens with one attached hydrogen (secondary N) is 1. The molecule has 1 aliphatic rings. The number of hydrogen-bond donors (Lipinski definition) is 1. The van der Waals surface area contributed by atoms with Gasteiger partial charge in [-0.25, -0.2) is 0 Å². The van der Waals surface area contributed by atoms with Gasteiger partial charge in [0.05, 0.1) is 0 Å². The van der Waals surface area contributed by atoms with Gasteiger partial charge in [-0.3, -0.25) is 4.90 Å². The molecule has 0 aliphatic carbocycles. The zero-order valence-corrected chi connectivity index (χ0v) is 10.2. The molecule has 0 aromatic carbocycles. The van der Waals surface area contributed by atoms with Crippen LogP contribution in [0.1, 0.15) is 20.3 Å². The molecule has 13 heavy (non-hydrogen) atoms. The lowest BCUT2D eigenvalue weighted by atomic mass is 9.96. The van der Waals surface area contributed by atoms with E-state index in [0.717, 1.165) is 30.7 Å². The van der Waals surface area contributed by atoms with E-state index < -0.39 is 0 Å². The zero-order valence-electron chi connectivity index (χ0n) is 8.57. The first-order valence-corrected chi connectivity index (χ1v) is 5.66. The molecule has 0 spiro atoms. The molecule has 1 N–H and O–H groups in total. The monoisotopic (exact) mass is 246 g/mol. The topological polar surface area (TPSA) is 15.3 Å². The molecule has 0 saturated carbocycles. The van der Waals surface area contributed by atoms with Gasteiger partial charge in [-0.2, -0.15) is 0 Å². The molecule has 1 saturated heterocycles. The Bertz CT molecular complexity index is 193. The van der Waals surface area contributed by atoms with Crippen LogP contribution in [-0.2, 0) is 0 Å². The van der Waals surface area contributed by atoms with Gasteiger partial charge in [0.1, 0.15) is 0 Å². The summed E-state index contributed by atoms with van der Waals surface area (Å²) < 4.78 is 1.08. The fourth-order valence-electron chi connectivity index (χ4n) is 1.76. The second-order valence-corrected chi connectivity index (χ2v) is 5.19. The van der Waals surface area contributed by atoms with Crippen LogP contribution in [0.25, 0.3) is 0 Å². The van der Waals surface area contributed by atoms with E-state index >= 15 is 0 Å². The largest absolute Gasteiger partial charge is 0.309 e. The van der Waals surface area contributed by atoms with Crippen LogP contribution < -0.4 is 5.32 Å². The van der Waals surface area contributed by atoms with E-state index in [-0.39, 0.29) is 0 Å². The van der Waals surface area contributed by atoms with Gasteiger partial charge in [-0.05, 0) is 13.3 Å². The normalized spacial score (nSPS) is 30.4. The van der Waals surface area contributed by atoms with Crippen LogP contribution >= 0.6 is 15.9 Å². The summed E-state index contributed by atoms with van der Waals surface area (Å²) in [4.78, 5) is 2.44. The minimum absolute atomic E-state index is 0.292. The smallest absolute Gasteiger partial charge is 0.0295 e. The number of hydrogen-bond acceptors (Lipinski definition) is 2. The summed E-state index contributed by atoms with van der Waals surface area (Å²) in [7, 11) is 0. The lowest BCUT2D eigenvalue weighted by molar-refractivity contribution is 0.152. The minimum Gasteiger partial charge on any atom is -0.309 e. The predicted octanol–water partition coefficient (Wildman–Crippen LogP) is 1.97. The van der Waals surface area contributed by atoms with Gasteiger partial charge in [0.25, 0.3) is 0 Å². The van der Waals surface area contributed by atoms with E-state index in [4.69, 9.17) is 0 Å². The lowest BCUT2D eigenvalue weighted by Gasteiger charge is -2.41. The molecule has 1 atom stereocenters. The van der Waals surface area contributed by atoms with Gasteiger partial charge in [0.15, 0.2) is 0 Å². The standard InChI is InChI=1S/C10H19BrN2/c1-4-10(3)8-13(6-5-12-10)7-9(2)11/h12H,2,4-8H2,1,3H3. The highest BCUT2D eigenvalue weighted by atomic mass is 79.9. The summed E-state index contributed by atoms with van der Waals surface area (Å²) in [6.45, 7) is 12.7. The summed E-state index contributed by atoms with van der Waals surface area (Å²) in [6, 6.07) is 0. The molecule has 2 nitrogen and oxygen atoms in total. The molecule has 1 fully saturated rings. The van der Waals surface area contributed by atoms with E-state index in [2.05, 4.69) is 46.6 Å². The molecule has 0 aromatic rings. The minimum atomic E-state index is 0.292. The van der Waals surface area contributed by atoms with Gasteiger partial charge in [-0.1, -0.05) is 29.4 Å². The van der Waals surface area contributed by atoms with Crippen molar-refractivity contribution >= 4 is 15.9 Å². The van der Waals surface area contributed by atoms with E-state index in [0.29, 0.717) is 5.54 Å². The predicted molar refractivity (Wildman–Crippen MR) is 61.2 cm³/mol. The molecule has 76 valence electrons. The second-order valence-electron chi connectivity index (χ2n) is 4.07. The molecule has 0 bridgehead atoms. The zero-order chi connectivity index (χ0) is 9.90. The van der Waals surface area contributed by atoms with Crippen LogP contribution in [-0.4, -0.2) is 36.6 Å². The van der Waals surface area contributed by atoms with Crippen molar-refractivity contribution in [2.75, 3.05) is 26.2 Å². The first-order valence-electron chi connectivity index (χ1n) is 4.86. The fourth-order valence-corrected chi connectivity index (χ4v) is 2.11. The Balaban J connectivity index is 2.46. The summed E-state index contributed by atoms with van der Waals surface area (Å²) in [5, 5.41) is 3.56. The maximum absolute atomic E-state index is 3.88. The summed E-state index contributed by atoms with van der Waals surface area (Å²) in [5.74, 6) is 0. The van der Waals surface area contributed by atoms with Gasteiger partial charge in [0, 0.05) is 36.2 Å². The van der Waals surface area contributed by atoms with Crippen molar-refractivity contribution < 1.29 is 0 Å². The molecule has 0 radical (unpaired) electrons. The molecule has 0 aromatic heterocycles. The molecule has 3 heteroatoms. The third-order valence-corrected chi connectivity index (χ3v) is 2.98. The highest BCUT2D eigenvalue weighted by molar-refractivity contribution is 9.11. The Hall–Kier alpha value is 0.140. The van der Waals surface area contributed by atoms with Crippen LogP contribution in [0.3, 0.4) is 0 Å². The third kappa shape index (κ3) is 3.41. The van der Waals surface area contributed by atoms with Crippen molar-refractivity contribution in [3.63, 3.8) is 0 Å². The Morgan fingerprint density at radius 1 is 1.69 bits per heavy atom. The number of nitrogens with zero attached hydrogens (tertiary/aromatic N) is 1. The molecule has 1 rings (SSSR count). The first kappa shape index (κ1) is 11.2. The van der Waals surface area contributed by atoms with Gasteiger partial charge in [-0.15, -0.1) is 0 Å². The molecular weight excluding hydrogens is 228 g/mol. The summed E-state index contributed by atoms with van der Waals surface area (Å²) >= 11 is 3.41. The average Bonchev–Trinajstić information content (AvgIpc) is 2.03. The van der Waals surface area contributed by atoms with E-state index in [1.54, 1.807) is 0 Å². The quantitative estimate of drug-likeness (QED) is 0.820. The Kier molecular flexibility index (Phi) is 3.95. The van der Waals surface area contributed by atoms with Crippen molar-refractivity contribution in [3.8, 4) is 0 Å². The van der Waals surface area contributed by atoms with E-state index in [9.17, 15) is 0 Å². The highest BCUT2D eigenvalue weighted by Crippen LogP contribution is 2.16. The van der Waals surface area contributed by atoms with Crippen LogP contribution in [0.5, 0.6) is 0 Å². The maximum Gasteiger partial charge on any atom is 0.0295 e. The van der Waals surface area contributed by atoms with Crippen LogP contribution in [0, 0.1) is 0 Å². The Labute approximate surface area is 89.5 Å². The Morgan fingerprint density at radius 2 is 2.38 bits per heavy atom. The molecule has 0 amide bonds. The molecule has 1 unspecified atom stereocenters. The van der Waals surface area contributed by atoms with E-state index in [1.165, 1.54) is 6.42 Å². The maximum atomic E-state index is 3.88. The third-order valence-electron chi connectivity index (χ3n) is 2.73. The van der Waals surface area contributed by atoms with Crippen molar-refractivity contribution in [2.24, 2.45) is 0 Å². The van der Waals surface area contributed by atoms with E-state index in [1.807, 2.05) is 0 Å². The van der Waals surface area contributed by atoms with Crippen LogP contribution in [0.15, 0.2) is 11.1 Å². The van der Waals surface area contributed by atoms with Gasteiger partial charge in [0.2, 0.25) is 0 Å². The van der Waals surface area contributed by atoms with Gasteiger partial charge >= 0.3 is 0 Å². The van der Waals surface area contributed by atoms with Gasteiger partial charge < -0.3 is 5.32 Å². The number of piperazine rings is 1. The van der Waals surface area contributed by atoms with Crippen molar-refractivity contribution in [1.82, 2.24) is 10.2 Å². The number of halogens is 1. The van der Waals surface area contributed by atoms with Crippen molar-refractivity contribution in [2.45, 2.75) is 25.8 Å². The van der Waals surface area contributed by atoms with Crippen LogP contribution in [0.4, 0.5) is 0 Å².